The minimum Gasteiger partial charge on any atom is -0.481 e. The topological polar surface area (TPSA) is 93.7 Å². The Morgan fingerprint density at radius 2 is 1.97 bits per heavy atom. The second kappa shape index (κ2) is 7.80. The number of halogens is 1. The molecule has 2 aromatic rings. The van der Waals surface area contributed by atoms with Crippen molar-refractivity contribution in [2.75, 3.05) is 19.6 Å². The van der Waals surface area contributed by atoms with Gasteiger partial charge in [-0.1, -0.05) is 11.6 Å². The number of amides is 2. The molecule has 8 heteroatoms. The molecule has 1 aromatic heterocycles. The van der Waals surface area contributed by atoms with Crippen molar-refractivity contribution in [2.24, 2.45) is 11.8 Å². The number of carboxylic acid groups (broad SMARTS) is 1. The molecule has 7 nitrogen and oxygen atoms in total. The minimum absolute atomic E-state index is 0.0321. The van der Waals surface area contributed by atoms with Crippen LogP contribution in [0.2, 0.25) is 5.02 Å². The lowest BCUT2D eigenvalue weighted by Gasteiger charge is -2.54. The largest absolute Gasteiger partial charge is 0.481 e. The summed E-state index contributed by atoms with van der Waals surface area (Å²) in [6.07, 6.45) is 3.72. The van der Waals surface area contributed by atoms with Gasteiger partial charge in [-0.05, 0) is 62.8 Å². The van der Waals surface area contributed by atoms with Gasteiger partial charge in [-0.3, -0.25) is 14.4 Å². The molecule has 3 atom stereocenters. The number of hydrogen-bond acceptors (Lipinski definition) is 3. The number of aromatic amines is 1. The van der Waals surface area contributed by atoms with E-state index in [-0.39, 0.29) is 24.7 Å². The van der Waals surface area contributed by atoms with Crippen LogP contribution in [0.15, 0.2) is 18.2 Å². The Labute approximate surface area is 191 Å². The van der Waals surface area contributed by atoms with E-state index in [1.165, 1.54) is 0 Å². The van der Waals surface area contributed by atoms with Crippen LogP contribution in [0, 0.1) is 11.8 Å². The summed E-state index contributed by atoms with van der Waals surface area (Å²) >= 11 is 6.27. The summed E-state index contributed by atoms with van der Waals surface area (Å²) in [7, 11) is 0. The number of benzene rings is 1. The number of carboxylic acids is 1. The van der Waals surface area contributed by atoms with Gasteiger partial charge in [-0.25, -0.2) is 0 Å². The fourth-order valence-electron chi connectivity index (χ4n) is 6.10. The third-order valence-corrected chi connectivity index (χ3v) is 7.96. The van der Waals surface area contributed by atoms with Gasteiger partial charge in [0, 0.05) is 47.2 Å². The van der Waals surface area contributed by atoms with Crippen molar-refractivity contribution in [3.05, 3.63) is 34.5 Å². The van der Waals surface area contributed by atoms with E-state index in [0.717, 1.165) is 54.5 Å². The van der Waals surface area contributed by atoms with Gasteiger partial charge in [0.1, 0.15) is 0 Å². The number of fused-ring (bicyclic) bond motifs is 5. The summed E-state index contributed by atoms with van der Waals surface area (Å²) < 4.78 is 0. The first-order chi connectivity index (χ1) is 15.3. The molecular formula is C24H28ClN3O4. The minimum atomic E-state index is -1.01. The lowest BCUT2D eigenvalue weighted by Crippen LogP contribution is -2.64. The highest BCUT2D eigenvalue weighted by molar-refractivity contribution is 6.31. The Kier molecular flexibility index (Phi) is 5.19. The third-order valence-electron chi connectivity index (χ3n) is 7.72. The maximum atomic E-state index is 13.8. The van der Waals surface area contributed by atoms with E-state index in [4.69, 9.17) is 11.6 Å². The first kappa shape index (κ1) is 21.3. The zero-order valence-electron chi connectivity index (χ0n) is 18.2. The fraction of sp³-hybridized carbons (Fsp3) is 0.542. The highest BCUT2D eigenvalue weighted by Gasteiger charge is 2.57. The Morgan fingerprint density at radius 3 is 2.69 bits per heavy atom. The number of piperidine rings is 2. The molecule has 0 radical (unpaired) electrons. The van der Waals surface area contributed by atoms with Crippen molar-refractivity contribution in [3.8, 4) is 0 Å². The predicted octanol–water partition coefficient (Wildman–Crippen LogP) is 3.54. The smallest absolute Gasteiger partial charge is 0.304 e. The van der Waals surface area contributed by atoms with Crippen LogP contribution in [0.3, 0.4) is 0 Å². The Balaban J connectivity index is 1.64. The fourth-order valence-corrected chi connectivity index (χ4v) is 6.27. The molecule has 0 bridgehead atoms. The normalized spacial score (nSPS) is 27.9. The second-order valence-electron chi connectivity index (χ2n) is 9.52. The molecule has 170 valence electrons. The van der Waals surface area contributed by atoms with Crippen LogP contribution < -0.4 is 0 Å². The molecule has 2 amide bonds. The number of carbonyl (C=O) groups is 3. The van der Waals surface area contributed by atoms with Gasteiger partial charge in [-0.2, -0.15) is 0 Å². The van der Waals surface area contributed by atoms with Crippen molar-refractivity contribution < 1.29 is 19.5 Å². The first-order valence-corrected chi connectivity index (χ1v) is 11.8. The highest BCUT2D eigenvalue weighted by atomic mass is 35.5. The van der Waals surface area contributed by atoms with Gasteiger partial charge in [0.05, 0.1) is 17.9 Å². The second-order valence-corrected chi connectivity index (χ2v) is 9.96. The summed E-state index contributed by atoms with van der Waals surface area (Å²) in [5.74, 6) is -2.32. The monoisotopic (exact) mass is 457 g/mol. The van der Waals surface area contributed by atoms with Gasteiger partial charge in [0.25, 0.3) is 0 Å². The van der Waals surface area contributed by atoms with E-state index >= 15 is 0 Å². The van der Waals surface area contributed by atoms with Gasteiger partial charge in [0.15, 0.2) is 0 Å². The number of carbonyl (C=O) groups excluding carboxylic acids is 2. The van der Waals surface area contributed by atoms with Crippen LogP contribution in [0.5, 0.6) is 0 Å². The zero-order valence-corrected chi connectivity index (χ0v) is 19.0. The lowest BCUT2D eigenvalue weighted by atomic mass is 9.67. The van der Waals surface area contributed by atoms with Crippen molar-refractivity contribution >= 4 is 40.3 Å². The first-order valence-electron chi connectivity index (χ1n) is 11.4. The van der Waals surface area contributed by atoms with Crippen LogP contribution in [0.1, 0.15) is 50.3 Å². The summed E-state index contributed by atoms with van der Waals surface area (Å²) in [6, 6.07) is 5.70. The van der Waals surface area contributed by atoms with Crippen molar-refractivity contribution in [1.29, 1.82) is 0 Å². The average Bonchev–Trinajstić information content (AvgIpc) is 3.15. The summed E-state index contributed by atoms with van der Waals surface area (Å²) in [5, 5.41) is 11.1. The van der Waals surface area contributed by atoms with Gasteiger partial charge in [-0.15, -0.1) is 0 Å². The van der Waals surface area contributed by atoms with Crippen LogP contribution in [-0.4, -0.2) is 57.3 Å². The Bertz CT molecular complexity index is 1110. The number of likely N-dealkylation sites (tertiary alicyclic amines) is 1. The van der Waals surface area contributed by atoms with E-state index in [2.05, 4.69) is 4.98 Å². The molecule has 2 fully saturated rings. The summed E-state index contributed by atoms with van der Waals surface area (Å²) in [6.45, 7) is 3.88. The molecule has 5 rings (SSSR count). The predicted molar refractivity (Wildman–Crippen MR) is 120 cm³/mol. The third kappa shape index (κ3) is 3.20. The van der Waals surface area contributed by atoms with Crippen LogP contribution in [0.4, 0.5) is 0 Å². The standard InChI is InChI=1S/C24H28ClN3O4/c1-24-18(23(32)27-8-3-2-4-9-27)11-14(12-20(29)30)22(31)28(24)10-7-16-17-13-15(25)5-6-19(17)26-21(16)24/h5-6,13-14,18,26H,2-4,7-12H2,1H3,(H,29,30)/t14-,18-,24+/m0/s1. The van der Waals surface area contributed by atoms with Crippen molar-refractivity contribution in [2.45, 2.75) is 51.0 Å². The molecule has 1 aromatic carbocycles. The molecule has 2 N–H and O–H groups in total. The SMILES string of the molecule is C[C@@]12c3[nH]c4ccc(Cl)cc4c3CCN1C(=O)[C@H](CC(=O)O)C[C@H]2C(=O)N1CCCCC1. The number of aliphatic carboxylic acids is 1. The van der Waals surface area contributed by atoms with Crippen molar-refractivity contribution in [3.63, 3.8) is 0 Å². The van der Waals surface area contributed by atoms with E-state index in [9.17, 15) is 19.5 Å². The molecular weight excluding hydrogens is 430 g/mol. The molecule has 3 aliphatic heterocycles. The van der Waals surface area contributed by atoms with E-state index in [1.54, 1.807) is 4.90 Å². The molecule has 32 heavy (non-hydrogen) atoms. The number of H-pyrrole nitrogens is 1. The van der Waals surface area contributed by atoms with Gasteiger partial charge >= 0.3 is 5.97 Å². The van der Waals surface area contributed by atoms with Crippen LogP contribution in [-0.2, 0) is 26.3 Å². The maximum Gasteiger partial charge on any atom is 0.304 e. The number of nitrogens with one attached hydrogen (secondary N) is 1. The number of rotatable bonds is 3. The van der Waals surface area contributed by atoms with E-state index in [0.29, 0.717) is 18.0 Å². The van der Waals surface area contributed by atoms with Gasteiger partial charge < -0.3 is 19.9 Å². The summed E-state index contributed by atoms with van der Waals surface area (Å²) in [5.41, 5.74) is 2.08. The molecule has 4 heterocycles. The van der Waals surface area contributed by atoms with E-state index < -0.39 is 23.3 Å². The van der Waals surface area contributed by atoms with Gasteiger partial charge in [0.2, 0.25) is 11.8 Å². The number of nitrogens with zero attached hydrogens (tertiary/aromatic N) is 2. The lowest BCUT2D eigenvalue weighted by molar-refractivity contribution is -0.166. The Morgan fingerprint density at radius 1 is 1.22 bits per heavy atom. The molecule has 2 saturated heterocycles. The van der Waals surface area contributed by atoms with Crippen LogP contribution in [0.25, 0.3) is 10.9 Å². The number of aromatic nitrogens is 1. The molecule has 0 spiro atoms. The van der Waals surface area contributed by atoms with Crippen molar-refractivity contribution in [1.82, 2.24) is 14.8 Å². The maximum absolute atomic E-state index is 13.8. The average molecular weight is 458 g/mol. The summed E-state index contributed by atoms with van der Waals surface area (Å²) in [4.78, 5) is 46.0. The quantitative estimate of drug-likeness (QED) is 0.737. The molecule has 0 unspecified atom stereocenters. The zero-order chi connectivity index (χ0) is 22.6. The highest BCUT2D eigenvalue weighted by Crippen LogP contribution is 2.50. The molecule has 0 aliphatic carbocycles. The molecule has 0 saturated carbocycles. The molecule has 3 aliphatic rings. The van der Waals surface area contributed by atoms with Crippen LogP contribution >= 0.6 is 11.6 Å². The Hall–Kier alpha value is -2.54. The van der Waals surface area contributed by atoms with E-state index in [1.807, 2.05) is 30.0 Å². The number of hydrogen-bond donors (Lipinski definition) is 2.